The minimum Gasteiger partial charge on any atom is -0.496 e. The normalized spacial score (nSPS) is 11.8. The van der Waals surface area contributed by atoms with Crippen LogP contribution < -0.4 is 10.1 Å². The molecule has 27 heavy (non-hydrogen) atoms. The monoisotopic (exact) mass is 366 g/mol. The predicted octanol–water partition coefficient (Wildman–Crippen LogP) is 2.70. The van der Waals surface area contributed by atoms with Crippen LogP contribution in [-0.2, 0) is 23.0 Å². The molecule has 0 spiro atoms. The molecular weight excluding hydrogens is 344 g/mol. The van der Waals surface area contributed by atoms with E-state index in [-0.39, 0.29) is 5.91 Å². The maximum Gasteiger partial charge on any atom is 0.328 e. The number of ether oxygens (including phenoxy) is 2. The topological polar surface area (TPSA) is 69.6 Å². The molecule has 2 aromatic carbocycles. The molecule has 1 atom stereocenters. The van der Waals surface area contributed by atoms with Crippen molar-refractivity contribution in [3.05, 3.63) is 65.9 Å². The van der Waals surface area contributed by atoms with Crippen molar-refractivity contribution in [2.45, 2.75) is 12.5 Å². The van der Waals surface area contributed by atoms with Gasteiger partial charge in [-0.25, -0.2) is 4.79 Å². The van der Waals surface area contributed by atoms with Crippen LogP contribution in [0.25, 0.3) is 10.9 Å². The highest BCUT2D eigenvalue weighted by Gasteiger charge is 2.24. The fourth-order valence-electron chi connectivity index (χ4n) is 3.15. The van der Waals surface area contributed by atoms with Crippen molar-refractivity contribution in [2.75, 3.05) is 14.2 Å². The van der Waals surface area contributed by atoms with E-state index >= 15 is 0 Å². The number of aromatic nitrogens is 1. The molecule has 1 unspecified atom stereocenters. The quantitative estimate of drug-likeness (QED) is 0.681. The molecule has 1 N–H and O–H groups in total. The highest BCUT2D eigenvalue weighted by Crippen LogP contribution is 2.28. The van der Waals surface area contributed by atoms with Gasteiger partial charge in [-0.3, -0.25) is 4.79 Å². The summed E-state index contributed by atoms with van der Waals surface area (Å²) in [6, 6.07) is 16.1. The molecule has 0 radical (unpaired) electrons. The molecule has 1 heterocycles. The van der Waals surface area contributed by atoms with Crippen molar-refractivity contribution in [3.8, 4) is 5.75 Å². The zero-order valence-corrected chi connectivity index (χ0v) is 15.6. The van der Waals surface area contributed by atoms with Gasteiger partial charge >= 0.3 is 5.97 Å². The molecule has 0 bridgehead atoms. The SMILES string of the molecule is COC(=O)C(Cc1ccccc1)NC(=O)c1cc2c(OC)cccc2n1C. The summed E-state index contributed by atoms with van der Waals surface area (Å²) >= 11 is 0. The number of nitrogens with zero attached hydrogens (tertiary/aromatic N) is 1. The van der Waals surface area contributed by atoms with E-state index in [0.717, 1.165) is 16.5 Å². The van der Waals surface area contributed by atoms with Gasteiger partial charge in [0.2, 0.25) is 0 Å². The molecule has 0 fully saturated rings. The summed E-state index contributed by atoms with van der Waals surface area (Å²) in [4.78, 5) is 25.1. The van der Waals surface area contributed by atoms with Gasteiger partial charge in [0.15, 0.2) is 0 Å². The zero-order chi connectivity index (χ0) is 19.4. The number of benzene rings is 2. The Morgan fingerprint density at radius 3 is 2.48 bits per heavy atom. The van der Waals surface area contributed by atoms with Crippen LogP contribution >= 0.6 is 0 Å². The predicted molar refractivity (Wildman–Crippen MR) is 103 cm³/mol. The lowest BCUT2D eigenvalue weighted by atomic mass is 10.1. The number of carbonyl (C=O) groups excluding carboxylic acids is 2. The van der Waals surface area contributed by atoms with Crippen molar-refractivity contribution in [3.63, 3.8) is 0 Å². The molecule has 0 saturated carbocycles. The third-order valence-electron chi connectivity index (χ3n) is 4.57. The van der Waals surface area contributed by atoms with Crippen LogP contribution in [-0.4, -0.2) is 36.7 Å². The summed E-state index contributed by atoms with van der Waals surface area (Å²) in [6.45, 7) is 0. The van der Waals surface area contributed by atoms with Crippen LogP contribution in [0.4, 0.5) is 0 Å². The molecule has 0 aliphatic heterocycles. The van der Waals surface area contributed by atoms with E-state index in [2.05, 4.69) is 5.32 Å². The summed E-state index contributed by atoms with van der Waals surface area (Å²) in [7, 11) is 4.71. The van der Waals surface area contributed by atoms with Gasteiger partial charge in [-0.05, 0) is 23.8 Å². The summed E-state index contributed by atoms with van der Waals surface area (Å²) in [6.07, 6.45) is 0.354. The maximum absolute atomic E-state index is 12.9. The first-order valence-corrected chi connectivity index (χ1v) is 8.60. The van der Waals surface area contributed by atoms with Crippen LogP contribution in [0.3, 0.4) is 0 Å². The highest BCUT2D eigenvalue weighted by molar-refractivity contribution is 6.01. The lowest BCUT2D eigenvalue weighted by Crippen LogP contribution is -2.43. The van der Waals surface area contributed by atoms with Crippen LogP contribution in [0.5, 0.6) is 5.75 Å². The van der Waals surface area contributed by atoms with Gasteiger partial charge in [0.05, 0.1) is 19.7 Å². The van der Waals surface area contributed by atoms with E-state index in [0.29, 0.717) is 17.9 Å². The number of nitrogens with one attached hydrogen (secondary N) is 1. The second-order valence-corrected chi connectivity index (χ2v) is 6.22. The molecular formula is C21H22N2O4. The van der Waals surface area contributed by atoms with Gasteiger partial charge in [0.25, 0.3) is 5.91 Å². The van der Waals surface area contributed by atoms with E-state index in [9.17, 15) is 9.59 Å². The Kier molecular flexibility index (Phi) is 5.45. The lowest BCUT2D eigenvalue weighted by molar-refractivity contribution is -0.142. The van der Waals surface area contributed by atoms with E-state index in [1.54, 1.807) is 24.8 Å². The first-order valence-electron chi connectivity index (χ1n) is 8.60. The van der Waals surface area contributed by atoms with Gasteiger partial charge in [0, 0.05) is 18.9 Å². The van der Waals surface area contributed by atoms with Crippen molar-refractivity contribution < 1.29 is 19.1 Å². The number of hydrogen-bond acceptors (Lipinski definition) is 4. The summed E-state index contributed by atoms with van der Waals surface area (Å²) in [5.74, 6) is -0.137. The smallest absolute Gasteiger partial charge is 0.328 e. The van der Waals surface area contributed by atoms with Crippen molar-refractivity contribution in [1.29, 1.82) is 0 Å². The molecule has 6 heteroatoms. The number of fused-ring (bicyclic) bond motifs is 1. The average molecular weight is 366 g/mol. The Morgan fingerprint density at radius 1 is 1.07 bits per heavy atom. The number of carbonyl (C=O) groups is 2. The van der Waals surface area contributed by atoms with Gasteiger partial charge < -0.3 is 19.4 Å². The Labute approximate surface area is 157 Å². The first-order chi connectivity index (χ1) is 13.0. The fourth-order valence-corrected chi connectivity index (χ4v) is 3.15. The Balaban J connectivity index is 1.88. The second-order valence-electron chi connectivity index (χ2n) is 6.22. The Bertz CT molecular complexity index is 963. The molecule has 0 aliphatic carbocycles. The van der Waals surface area contributed by atoms with Crippen LogP contribution in [0.15, 0.2) is 54.6 Å². The molecule has 6 nitrogen and oxygen atoms in total. The Morgan fingerprint density at radius 2 is 1.81 bits per heavy atom. The number of methoxy groups -OCH3 is 2. The standard InChI is InChI=1S/C21H22N2O4/c1-23-17-10-7-11-19(26-2)15(17)13-18(23)20(24)22-16(21(25)27-3)12-14-8-5-4-6-9-14/h4-11,13,16H,12H2,1-3H3,(H,22,24). The largest absolute Gasteiger partial charge is 0.496 e. The lowest BCUT2D eigenvalue weighted by Gasteiger charge is -2.17. The maximum atomic E-state index is 12.9. The van der Waals surface area contributed by atoms with Gasteiger partial charge in [-0.15, -0.1) is 0 Å². The van der Waals surface area contributed by atoms with E-state index in [1.165, 1.54) is 7.11 Å². The number of hydrogen-bond donors (Lipinski definition) is 1. The van der Waals surface area contributed by atoms with E-state index in [1.807, 2.05) is 48.5 Å². The van der Waals surface area contributed by atoms with Gasteiger partial charge in [-0.1, -0.05) is 36.4 Å². The van der Waals surface area contributed by atoms with E-state index < -0.39 is 12.0 Å². The zero-order valence-electron chi connectivity index (χ0n) is 15.6. The number of rotatable bonds is 6. The van der Waals surface area contributed by atoms with Crippen LogP contribution in [0.2, 0.25) is 0 Å². The Hall–Kier alpha value is -3.28. The van der Waals surface area contributed by atoms with E-state index in [4.69, 9.17) is 9.47 Å². The third-order valence-corrected chi connectivity index (χ3v) is 4.57. The molecule has 3 rings (SSSR count). The highest BCUT2D eigenvalue weighted by atomic mass is 16.5. The second kappa shape index (κ2) is 7.95. The molecule has 0 saturated heterocycles. The van der Waals surface area contributed by atoms with Crippen molar-refractivity contribution in [2.24, 2.45) is 7.05 Å². The van der Waals surface area contributed by atoms with Crippen LogP contribution in [0, 0.1) is 0 Å². The summed E-state index contributed by atoms with van der Waals surface area (Å²) < 4.78 is 12.0. The first kappa shape index (κ1) is 18.5. The minimum atomic E-state index is -0.773. The molecule has 3 aromatic rings. The van der Waals surface area contributed by atoms with Gasteiger partial charge in [-0.2, -0.15) is 0 Å². The van der Waals surface area contributed by atoms with Crippen molar-refractivity contribution >= 4 is 22.8 Å². The molecule has 1 amide bonds. The number of aryl methyl sites for hydroxylation is 1. The molecule has 0 aliphatic rings. The molecule has 140 valence electrons. The van der Waals surface area contributed by atoms with Crippen molar-refractivity contribution in [1.82, 2.24) is 9.88 Å². The van der Waals surface area contributed by atoms with Crippen LogP contribution in [0.1, 0.15) is 16.1 Å². The summed E-state index contributed by atoms with van der Waals surface area (Å²) in [5, 5.41) is 3.63. The number of amides is 1. The average Bonchev–Trinajstić information content (AvgIpc) is 3.04. The third kappa shape index (κ3) is 3.79. The summed E-state index contributed by atoms with van der Waals surface area (Å²) in [5.41, 5.74) is 2.25. The fraction of sp³-hybridized carbons (Fsp3) is 0.238. The molecule has 1 aromatic heterocycles. The van der Waals surface area contributed by atoms with Gasteiger partial charge in [0.1, 0.15) is 17.5 Å². The minimum absolute atomic E-state index is 0.345. The number of esters is 1.